The lowest BCUT2D eigenvalue weighted by Crippen LogP contribution is -2.06. The lowest BCUT2D eigenvalue weighted by molar-refractivity contribution is 0.203. The normalized spacial score (nSPS) is 10.8. The van der Waals surface area contributed by atoms with E-state index in [2.05, 4.69) is 29.4 Å². The molecular formula is C11H13N3O3. The smallest absolute Gasteiger partial charge is 0.450 e. The Morgan fingerprint density at radius 3 is 2.24 bits per heavy atom. The fourth-order valence-electron chi connectivity index (χ4n) is 1.19. The Labute approximate surface area is 98.4 Å². The highest BCUT2D eigenvalue weighted by Crippen LogP contribution is 2.17. The minimum Gasteiger partial charge on any atom is -0.462 e. The van der Waals surface area contributed by atoms with Gasteiger partial charge in [0, 0.05) is 5.69 Å². The van der Waals surface area contributed by atoms with Crippen LogP contribution in [-0.2, 0) is 0 Å². The molecule has 0 atom stereocenters. The van der Waals surface area contributed by atoms with Gasteiger partial charge in [-0.05, 0) is 23.6 Å². The van der Waals surface area contributed by atoms with Gasteiger partial charge in [0.1, 0.15) is 0 Å². The number of urea groups is 1. The predicted molar refractivity (Wildman–Crippen MR) is 62.4 cm³/mol. The molecule has 2 N–H and O–H groups in total. The van der Waals surface area contributed by atoms with Crippen LogP contribution in [0.1, 0.15) is 25.3 Å². The zero-order valence-electron chi connectivity index (χ0n) is 9.54. The number of nitrogens with zero attached hydrogens (tertiary/aromatic N) is 2. The van der Waals surface area contributed by atoms with Crippen molar-refractivity contribution in [3.05, 3.63) is 29.8 Å². The summed E-state index contributed by atoms with van der Waals surface area (Å²) in [5.41, 5.74) is 1.69. The van der Waals surface area contributed by atoms with Crippen molar-refractivity contribution in [2.24, 2.45) is 10.2 Å². The number of hydrogen-bond donors (Lipinski definition) is 2. The molecule has 0 aliphatic heterocycles. The Balaban J connectivity index is 2.63. The second kappa shape index (κ2) is 5.74. The van der Waals surface area contributed by atoms with E-state index >= 15 is 0 Å². The molecule has 17 heavy (non-hydrogen) atoms. The molecule has 0 radical (unpaired) electrons. The van der Waals surface area contributed by atoms with E-state index in [1.165, 1.54) is 0 Å². The Kier molecular flexibility index (Phi) is 4.33. The van der Waals surface area contributed by atoms with E-state index in [0.717, 1.165) is 5.56 Å². The first-order valence-corrected chi connectivity index (χ1v) is 5.04. The second-order valence-electron chi connectivity index (χ2n) is 3.69. The Morgan fingerprint density at radius 2 is 1.76 bits per heavy atom. The minimum atomic E-state index is -1.50. The zero-order valence-corrected chi connectivity index (χ0v) is 9.54. The van der Waals surface area contributed by atoms with Crippen molar-refractivity contribution in [1.29, 1.82) is 0 Å². The summed E-state index contributed by atoms with van der Waals surface area (Å²) in [7, 11) is 0. The maximum Gasteiger partial charge on any atom is 0.450 e. The first-order valence-electron chi connectivity index (χ1n) is 5.04. The van der Waals surface area contributed by atoms with Crippen LogP contribution in [0.4, 0.5) is 15.3 Å². The first kappa shape index (κ1) is 12.8. The van der Waals surface area contributed by atoms with Crippen LogP contribution in [-0.4, -0.2) is 17.2 Å². The topological polar surface area (TPSA) is 91.1 Å². The van der Waals surface area contributed by atoms with Crippen LogP contribution < -0.4 is 5.32 Å². The van der Waals surface area contributed by atoms with Gasteiger partial charge in [0.25, 0.3) is 0 Å². The molecule has 0 aliphatic rings. The van der Waals surface area contributed by atoms with Gasteiger partial charge in [-0.25, -0.2) is 9.59 Å². The Morgan fingerprint density at radius 1 is 1.18 bits per heavy atom. The third kappa shape index (κ3) is 4.42. The monoisotopic (exact) mass is 235 g/mol. The molecule has 0 bridgehead atoms. The molecule has 0 aliphatic carbocycles. The van der Waals surface area contributed by atoms with E-state index < -0.39 is 12.1 Å². The van der Waals surface area contributed by atoms with Crippen molar-refractivity contribution in [3.8, 4) is 0 Å². The average Bonchev–Trinajstić information content (AvgIpc) is 2.27. The molecule has 1 rings (SSSR count). The predicted octanol–water partition coefficient (Wildman–Crippen LogP) is 3.47. The third-order valence-electron chi connectivity index (χ3n) is 2.05. The number of benzene rings is 1. The van der Waals surface area contributed by atoms with Crippen molar-refractivity contribution in [3.63, 3.8) is 0 Å². The largest absolute Gasteiger partial charge is 0.462 e. The van der Waals surface area contributed by atoms with Crippen molar-refractivity contribution in [1.82, 2.24) is 0 Å². The van der Waals surface area contributed by atoms with Crippen LogP contribution in [0.3, 0.4) is 0 Å². The standard InChI is InChI=1S/C11H13N3O3/c1-7(2)8-3-5-9(6-4-8)12-10(15)13-14-11(16)17/h3-7H,1-2H3,(H,12,15)(H,16,17)/b14-13+. The summed E-state index contributed by atoms with van der Waals surface area (Å²) in [6, 6.07) is 6.40. The molecule has 0 unspecified atom stereocenters. The Bertz CT molecular complexity index is 438. The number of hydrogen-bond acceptors (Lipinski definition) is 2. The molecular weight excluding hydrogens is 222 g/mol. The SMILES string of the molecule is CC(C)c1ccc(NC(=O)/N=N/C(=O)O)cc1. The lowest BCUT2D eigenvalue weighted by Gasteiger charge is -2.06. The van der Waals surface area contributed by atoms with E-state index in [0.29, 0.717) is 11.6 Å². The molecule has 0 fully saturated rings. The molecule has 1 aromatic rings. The fourth-order valence-corrected chi connectivity index (χ4v) is 1.19. The summed E-state index contributed by atoms with van der Waals surface area (Å²) in [5, 5.41) is 16.2. The van der Waals surface area contributed by atoms with Gasteiger partial charge in [-0.2, -0.15) is 0 Å². The summed E-state index contributed by atoms with van der Waals surface area (Å²) in [6.45, 7) is 4.13. The van der Waals surface area contributed by atoms with Gasteiger partial charge in [-0.1, -0.05) is 36.2 Å². The van der Waals surface area contributed by atoms with Gasteiger partial charge in [0.2, 0.25) is 0 Å². The molecule has 0 heterocycles. The quantitative estimate of drug-likeness (QED) is 0.769. The number of amides is 3. The van der Waals surface area contributed by atoms with Crippen LogP contribution in [0.25, 0.3) is 0 Å². The van der Waals surface area contributed by atoms with Gasteiger partial charge in [-0.15, -0.1) is 0 Å². The number of anilines is 1. The highest BCUT2D eigenvalue weighted by Gasteiger charge is 2.02. The molecule has 3 amide bonds. The maximum absolute atomic E-state index is 11.1. The lowest BCUT2D eigenvalue weighted by atomic mass is 10.0. The minimum absolute atomic E-state index is 0.409. The number of carbonyl (C=O) groups excluding carboxylic acids is 1. The summed E-state index contributed by atoms with van der Waals surface area (Å²) < 4.78 is 0. The first-order chi connectivity index (χ1) is 7.99. The van der Waals surface area contributed by atoms with Gasteiger partial charge in [-0.3, -0.25) is 0 Å². The number of carboxylic acid groups (broad SMARTS) is 1. The molecule has 0 spiro atoms. The van der Waals surface area contributed by atoms with Crippen molar-refractivity contribution in [2.45, 2.75) is 19.8 Å². The molecule has 90 valence electrons. The fraction of sp³-hybridized carbons (Fsp3) is 0.273. The van der Waals surface area contributed by atoms with Gasteiger partial charge >= 0.3 is 12.1 Å². The average molecular weight is 235 g/mol. The number of azo groups is 1. The number of carbonyl (C=O) groups is 2. The van der Waals surface area contributed by atoms with Crippen LogP contribution in [0.15, 0.2) is 34.5 Å². The highest BCUT2D eigenvalue weighted by atomic mass is 16.4. The molecule has 0 aromatic heterocycles. The van der Waals surface area contributed by atoms with E-state index in [1.807, 2.05) is 12.1 Å². The third-order valence-corrected chi connectivity index (χ3v) is 2.05. The summed E-state index contributed by atoms with van der Waals surface area (Å²) in [5.74, 6) is 0.409. The summed E-state index contributed by atoms with van der Waals surface area (Å²) in [4.78, 5) is 21.1. The van der Waals surface area contributed by atoms with Gasteiger partial charge in [0.05, 0.1) is 0 Å². The number of nitrogens with one attached hydrogen (secondary N) is 1. The van der Waals surface area contributed by atoms with Gasteiger partial charge in [0.15, 0.2) is 0 Å². The van der Waals surface area contributed by atoms with Crippen molar-refractivity contribution >= 4 is 17.8 Å². The van der Waals surface area contributed by atoms with Crippen LogP contribution in [0, 0.1) is 0 Å². The molecule has 0 saturated carbocycles. The summed E-state index contributed by atoms with van der Waals surface area (Å²) >= 11 is 0. The van der Waals surface area contributed by atoms with Crippen molar-refractivity contribution in [2.75, 3.05) is 5.32 Å². The highest BCUT2D eigenvalue weighted by molar-refractivity contribution is 5.90. The van der Waals surface area contributed by atoms with E-state index in [4.69, 9.17) is 5.11 Å². The maximum atomic E-state index is 11.1. The second-order valence-corrected chi connectivity index (χ2v) is 3.69. The number of rotatable bonds is 2. The molecule has 1 aromatic carbocycles. The molecule has 6 nitrogen and oxygen atoms in total. The zero-order chi connectivity index (χ0) is 12.8. The van der Waals surface area contributed by atoms with Gasteiger partial charge < -0.3 is 10.4 Å². The van der Waals surface area contributed by atoms with Crippen molar-refractivity contribution < 1.29 is 14.7 Å². The van der Waals surface area contributed by atoms with E-state index in [-0.39, 0.29) is 0 Å². The summed E-state index contributed by atoms with van der Waals surface area (Å²) in [6.07, 6.45) is -1.50. The van der Waals surface area contributed by atoms with E-state index in [9.17, 15) is 9.59 Å². The Hall–Kier alpha value is -2.24. The van der Waals surface area contributed by atoms with Crippen LogP contribution in [0.5, 0.6) is 0 Å². The molecule has 6 heteroatoms. The van der Waals surface area contributed by atoms with E-state index in [1.54, 1.807) is 12.1 Å². The van der Waals surface area contributed by atoms with Crippen LogP contribution in [0.2, 0.25) is 0 Å². The molecule has 0 saturated heterocycles. The van der Waals surface area contributed by atoms with Crippen LogP contribution >= 0.6 is 0 Å².